The molecule has 0 aliphatic carbocycles. The highest BCUT2D eigenvalue weighted by Crippen LogP contribution is 2.05. The Hall–Kier alpha value is -1.10. The molecule has 0 bridgehead atoms. The number of nitrogens with zero attached hydrogens (tertiary/aromatic N) is 1. The number of carbonyl (C=O) groups is 2. The van der Waals surface area contributed by atoms with Crippen LogP contribution in [0.1, 0.15) is 13.8 Å². The number of piperazine rings is 1. The molecular formula is C8H15N3O2. The Morgan fingerprint density at radius 1 is 1.62 bits per heavy atom. The molecule has 0 aromatic carbocycles. The van der Waals surface area contributed by atoms with E-state index in [4.69, 9.17) is 5.73 Å². The molecule has 1 saturated heterocycles. The molecule has 0 saturated carbocycles. The third-order valence-corrected chi connectivity index (χ3v) is 1.88. The summed E-state index contributed by atoms with van der Waals surface area (Å²) in [4.78, 5) is 24.0. The van der Waals surface area contributed by atoms with Gasteiger partial charge in [-0.2, -0.15) is 0 Å². The average molecular weight is 185 g/mol. The monoisotopic (exact) mass is 185 g/mol. The molecular weight excluding hydrogens is 170 g/mol. The summed E-state index contributed by atoms with van der Waals surface area (Å²) in [6, 6.07) is 0. The van der Waals surface area contributed by atoms with Crippen LogP contribution in [0.2, 0.25) is 0 Å². The highest BCUT2D eigenvalue weighted by atomic mass is 16.2. The van der Waals surface area contributed by atoms with E-state index in [2.05, 4.69) is 5.32 Å². The van der Waals surface area contributed by atoms with Gasteiger partial charge < -0.3 is 16.0 Å². The van der Waals surface area contributed by atoms with Gasteiger partial charge in [0.05, 0.1) is 12.1 Å². The second-order valence-corrected chi connectivity index (χ2v) is 3.80. The second-order valence-electron chi connectivity index (χ2n) is 3.80. The van der Waals surface area contributed by atoms with Crippen molar-refractivity contribution in [3.8, 4) is 0 Å². The van der Waals surface area contributed by atoms with Gasteiger partial charge in [0.2, 0.25) is 11.8 Å². The number of hydrogen-bond acceptors (Lipinski definition) is 3. The first-order valence-electron chi connectivity index (χ1n) is 4.26. The maximum absolute atomic E-state index is 11.6. The van der Waals surface area contributed by atoms with Crippen molar-refractivity contribution >= 4 is 11.8 Å². The van der Waals surface area contributed by atoms with Crippen LogP contribution in [-0.2, 0) is 9.59 Å². The van der Waals surface area contributed by atoms with Crippen molar-refractivity contribution in [2.45, 2.75) is 19.4 Å². The summed E-state index contributed by atoms with van der Waals surface area (Å²) in [6.45, 7) is 4.47. The zero-order chi connectivity index (χ0) is 10.1. The van der Waals surface area contributed by atoms with Crippen molar-refractivity contribution in [3.63, 3.8) is 0 Å². The van der Waals surface area contributed by atoms with Gasteiger partial charge >= 0.3 is 0 Å². The Balaban J connectivity index is 2.62. The molecule has 0 atom stereocenters. The normalized spacial score (nSPS) is 18.4. The van der Waals surface area contributed by atoms with Crippen LogP contribution in [0.25, 0.3) is 0 Å². The predicted octanol–water partition coefficient (Wildman–Crippen LogP) is -1.32. The van der Waals surface area contributed by atoms with E-state index in [-0.39, 0.29) is 18.4 Å². The number of carbonyl (C=O) groups excluding carboxylic acids is 2. The van der Waals surface area contributed by atoms with Crippen molar-refractivity contribution in [2.75, 3.05) is 19.6 Å². The number of nitrogens with two attached hydrogens (primary N) is 1. The fraction of sp³-hybridized carbons (Fsp3) is 0.750. The standard InChI is InChI=1S/C8H15N3O2/c1-8(2,9)7(13)11-4-3-10-6(12)5-11/h3-5,9H2,1-2H3,(H,10,12). The Bertz CT molecular complexity index is 232. The van der Waals surface area contributed by atoms with E-state index in [9.17, 15) is 9.59 Å². The van der Waals surface area contributed by atoms with E-state index in [1.807, 2.05) is 0 Å². The third kappa shape index (κ3) is 2.42. The number of hydrogen-bond donors (Lipinski definition) is 2. The first-order chi connectivity index (χ1) is 5.91. The quantitative estimate of drug-likeness (QED) is 0.532. The molecule has 5 heteroatoms. The molecule has 5 nitrogen and oxygen atoms in total. The first kappa shape index (κ1) is 9.98. The minimum Gasteiger partial charge on any atom is -0.353 e. The van der Waals surface area contributed by atoms with Gasteiger partial charge in [-0.05, 0) is 13.8 Å². The van der Waals surface area contributed by atoms with Crippen LogP contribution in [0.5, 0.6) is 0 Å². The SMILES string of the molecule is CC(C)(N)C(=O)N1CCNC(=O)C1. The van der Waals surface area contributed by atoms with Gasteiger partial charge in [-0.3, -0.25) is 9.59 Å². The summed E-state index contributed by atoms with van der Waals surface area (Å²) in [7, 11) is 0. The van der Waals surface area contributed by atoms with E-state index in [0.717, 1.165) is 0 Å². The zero-order valence-electron chi connectivity index (χ0n) is 7.96. The summed E-state index contributed by atoms with van der Waals surface area (Å²) in [5.41, 5.74) is 4.74. The molecule has 3 N–H and O–H groups in total. The zero-order valence-corrected chi connectivity index (χ0v) is 7.96. The molecule has 0 spiro atoms. The lowest BCUT2D eigenvalue weighted by molar-refractivity contribution is -0.141. The summed E-state index contributed by atoms with van der Waals surface area (Å²) in [5, 5.41) is 2.64. The fourth-order valence-corrected chi connectivity index (χ4v) is 1.22. The van der Waals surface area contributed by atoms with Gasteiger partial charge in [-0.25, -0.2) is 0 Å². The first-order valence-corrected chi connectivity index (χ1v) is 4.26. The van der Waals surface area contributed by atoms with Crippen LogP contribution in [0.3, 0.4) is 0 Å². The lowest BCUT2D eigenvalue weighted by atomic mass is 10.1. The molecule has 0 aromatic rings. The molecule has 1 fully saturated rings. The van der Waals surface area contributed by atoms with E-state index in [1.165, 1.54) is 4.90 Å². The summed E-state index contributed by atoms with van der Waals surface area (Å²) >= 11 is 0. The smallest absolute Gasteiger partial charge is 0.242 e. The summed E-state index contributed by atoms with van der Waals surface area (Å²) in [5.74, 6) is -0.300. The van der Waals surface area contributed by atoms with Crippen LogP contribution >= 0.6 is 0 Å². The molecule has 1 rings (SSSR count). The molecule has 74 valence electrons. The lowest BCUT2D eigenvalue weighted by Gasteiger charge is -2.31. The highest BCUT2D eigenvalue weighted by molar-refractivity contribution is 5.90. The summed E-state index contributed by atoms with van der Waals surface area (Å²) in [6.07, 6.45) is 0. The largest absolute Gasteiger partial charge is 0.353 e. The van der Waals surface area contributed by atoms with Gasteiger partial charge in [0.15, 0.2) is 0 Å². The molecule has 1 aliphatic heterocycles. The van der Waals surface area contributed by atoms with Crippen LogP contribution in [0.15, 0.2) is 0 Å². The topological polar surface area (TPSA) is 75.4 Å². The molecule has 1 aliphatic rings. The van der Waals surface area contributed by atoms with Gasteiger partial charge in [0, 0.05) is 13.1 Å². The highest BCUT2D eigenvalue weighted by Gasteiger charge is 2.30. The van der Waals surface area contributed by atoms with Crippen LogP contribution in [-0.4, -0.2) is 41.9 Å². The van der Waals surface area contributed by atoms with Crippen molar-refractivity contribution in [1.29, 1.82) is 0 Å². The fourth-order valence-electron chi connectivity index (χ4n) is 1.22. The van der Waals surface area contributed by atoms with Crippen LogP contribution in [0, 0.1) is 0 Å². The van der Waals surface area contributed by atoms with Crippen molar-refractivity contribution in [1.82, 2.24) is 10.2 Å². The van der Waals surface area contributed by atoms with E-state index >= 15 is 0 Å². The van der Waals surface area contributed by atoms with Crippen LogP contribution in [0.4, 0.5) is 0 Å². The minimum absolute atomic E-state index is 0.121. The average Bonchev–Trinajstić information content (AvgIpc) is 2.01. The molecule has 13 heavy (non-hydrogen) atoms. The molecule has 0 aromatic heterocycles. The third-order valence-electron chi connectivity index (χ3n) is 1.88. The molecule has 1 heterocycles. The Morgan fingerprint density at radius 3 is 2.69 bits per heavy atom. The van der Waals surface area contributed by atoms with Crippen molar-refractivity contribution < 1.29 is 9.59 Å². The van der Waals surface area contributed by atoms with Crippen molar-refractivity contribution in [2.24, 2.45) is 5.73 Å². The lowest BCUT2D eigenvalue weighted by Crippen LogP contribution is -2.57. The minimum atomic E-state index is -0.891. The maximum Gasteiger partial charge on any atom is 0.242 e. The maximum atomic E-state index is 11.6. The van der Waals surface area contributed by atoms with E-state index < -0.39 is 5.54 Å². The molecule has 0 unspecified atom stereocenters. The van der Waals surface area contributed by atoms with Crippen LogP contribution < -0.4 is 11.1 Å². The Morgan fingerprint density at radius 2 is 2.23 bits per heavy atom. The van der Waals surface area contributed by atoms with Crippen molar-refractivity contribution in [3.05, 3.63) is 0 Å². The van der Waals surface area contributed by atoms with Gasteiger partial charge in [0.1, 0.15) is 0 Å². The second kappa shape index (κ2) is 3.33. The van der Waals surface area contributed by atoms with Gasteiger partial charge in [-0.1, -0.05) is 0 Å². The number of nitrogens with one attached hydrogen (secondary N) is 1. The Kier molecular flexibility index (Phi) is 2.56. The van der Waals surface area contributed by atoms with E-state index in [1.54, 1.807) is 13.8 Å². The van der Waals surface area contributed by atoms with Gasteiger partial charge in [0.25, 0.3) is 0 Å². The van der Waals surface area contributed by atoms with Gasteiger partial charge in [-0.15, -0.1) is 0 Å². The molecule has 2 amide bonds. The Labute approximate surface area is 77.3 Å². The number of amides is 2. The summed E-state index contributed by atoms with van der Waals surface area (Å²) < 4.78 is 0. The predicted molar refractivity (Wildman–Crippen MR) is 47.9 cm³/mol. The van der Waals surface area contributed by atoms with E-state index in [0.29, 0.717) is 13.1 Å². The molecule has 0 radical (unpaired) electrons. The number of rotatable bonds is 1.